The Kier molecular flexibility index (Phi) is 5.98. The summed E-state index contributed by atoms with van der Waals surface area (Å²) in [5.74, 6) is 0.921. The quantitative estimate of drug-likeness (QED) is 0.769. The highest BCUT2D eigenvalue weighted by molar-refractivity contribution is 7.12. The molecular formula is C18H21NO4S. The molecule has 0 spiro atoms. The first-order valence-electron chi connectivity index (χ1n) is 7.56. The Labute approximate surface area is 145 Å². The average Bonchev–Trinajstić information content (AvgIpc) is 2.91. The third-order valence-corrected chi connectivity index (χ3v) is 4.55. The molecule has 1 N–H and O–H groups in total. The number of thiophene rings is 1. The van der Waals surface area contributed by atoms with E-state index in [1.807, 2.05) is 19.9 Å². The largest absolute Gasteiger partial charge is 0.493 e. The summed E-state index contributed by atoms with van der Waals surface area (Å²) in [5, 5.41) is 2.77. The summed E-state index contributed by atoms with van der Waals surface area (Å²) in [7, 11) is 3.09. The molecule has 0 fully saturated rings. The SMILES string of the molecule is COc1ccc(NC(=O)CCC(=O)c2cc(C)sc2C)cc1OC. The van der Waals surface area contributed by atoms with Crippen molar-refractivity contribution in [1.82, 2.24) is 0 Å². The fourth-order valence-electron chi connectivity index (χ4n) is 2.41. The number of nitrogens with one attached hydrogen (secondary N) is 1. The summed E-state index contributed by atoms with van der Waals surface area (Å²) >= 11 is 1.59. The van der Waals surface area contributed by atoms with Crippen molar-refractivity contribution in [3.63, 3.8) is 0 Å². The number of hydrogen-bond donors (Lipinski definition) is 1. The van der Waals surface area contributed by atoms with Crippen LogP contribution in [0.3, 0.4) is 0 Å². The van der Waals surface area contributed by atoms with Crippen LogP contribution in [0.15, 0.2) is 24.3 Å². The fourth-order valence-corrected chi connectivity index (χ4v) is 3.35. The summed E-state index contributed by atoms with van der Waals surface area (Å²) in [6, 6.07) is 7.02. The van der Waals surface area contributed by atoms with Crippen LogP contribution < -0.4 is 14.8 Å². The highest BCUT2D eigenvalue weighted by Gasteiger charge is 2.14. The molecule has 0 saturated heterocycles. The summed E-state index contributed by atoms with van der Waals surface area (Å²) < 4.78 is 10.4. The van der Waals surface area contributed by atoms with Crippen LogP contribution in [0.25, 0.3) is 0 Å². The van der Waals surface area contributed by atoms with Crippen molar-refractivity contribution in [2.24, 2.45) is 0 Å². The van der Waals surface area contributed by atoms with E-state index in [0.29, 0.717) is 17.2 Å². The lowest BCUT2D eigenvalue weighted by molar-refractivity contribution is -0.116. The second-order valence-corrected chi connectivity index (χ2v) is 6.83. The molecule has 128 valence electrons. The van der Waals surface area contributed by atoms with Gasteiger partial charge in [-0.05, 0) is 32.0 Å². The highest BCUT2D eigenvalue weighted by atomic mass is 32.1. The van der Waals surface area contributed by atoms with Gasteiger partial charge in [0.05, 0.1) is 14.2 Å². The van der Waals surface area contributed by atoms with Crippen LogP contribution in [0.5, 0.6) is 11.5 Å². The summed E-state index contributed by atoms with van der Waals surface area (Å²) in [6.07, 6.45) is 0.331. The number of benzene rings is 1. The molecule has 0 atom stereocenters. The van der Waals surface area contributed by atoms with Crippen molar-refractivity contribution in [3.8, 4) is 11.5 Å². The van der Waals surface area contributed by atoms with E-state index >= 15 is 0 Å². The smallest absolute Gasteiger partial charge is 0.224 e. The lowest BCUT2D eigenvalue weighted by Crippen LogP contribution is -2.13. The first-order chi connectivity index (χ1) is 11.4. The number of ether oxygens (including phenoxy) is 2. The van der Waals surface area contributed by atoms with Crippen molar-refractivity contribution in [2.45, 2.75) is 26.7 Å². The zero-order chi connectivity index (χ0) is 17.7. The number of carbonyl (C=O) groups is 2. The van der Waals surface area contributed by atoms with Crippen molar-refractivity contribution in [1.29, 1.82) is 0 Å². The molecule has 0 aliphatic heterocycles. The molecule has 0 aliphatic rings. The minimum atomic E-state index is -0.208. The molecule has 1 aromatic heterocycles. The number of rotatable bonds is 7. The summed E-state index contributed by atoms with van der Waals surface area (Å²) in [6.45, 7) is 3.90. The van der Waals surface area contributed by atoms with E-state index in [1.165, 1.54) is 7.11 Å². The van der Waals surface area contributed by atoms with E-state index in [2.05, 4.69) is 5.32 Å². The molecule has 0 radical (unpaired) electrons. The van der Waals surface area contributed by atoms with Gasteiger partial charge >= 0.3 is 0 Å². The van der Waals surface area contributed by atoms with Crippen LogP contribution in [0, 0.1) is 13.8 Å². The molecule has 0 unspecified atom stereocenters. The highest BCUT2D eigenvalue weighted by Crippen LogP contribution is 2.29. The van der Waals surface area contributed by atoms with Gasteiger partial charge in [-0.25, -0.2) is 0 Å². The van der Waals surface area contributed by atoms with Crippen LogP contribution in [-0.2, 0) is 4.79 Å². The van der Waals surface area contributed by atoms with Crippen LogP contribution in [0.2, 0.25) is 0 Å². The number of Topliss-reactive ketones (excluding diaryl/α,β-unsaturated/α-hetero) is 1. The van der Waals surface area contributed by atoms with E-state index in [1.54, 1.807) is 36.6 Å². The zero-order valence-electron chi connectivity index (χ0n) is 14.3. The Hall–Kier alpha value is -2.34. The number of aryl methyl sites for hydroxylation is 2. The second-order valence-electron chi connectivity index (χ2n) is 5.37. The van der Waals surface area contributed by atoms with Crippen molar-refractivity contribution >= 4 is 28.7 Å². The Morgan fingerprint density at radius 2 is 1.75 bits per heavy atom. The molecule has 2 aromatic rings. The summed E-state index contributed by atoms with van der Waals surface area (Å²) in [4.78, 5) is 26.4. The van der Waals surface area contributed by atoms with E-state index in [4.69, 9.17) is 9.47 Å². The number of carbonyl (C=O) groups excluding carboxylic acids is 2. The molecular weight excluding hydrogens is 326 g/mol. The topological polar surface area (TPSA) is 64.6 Å². The second kappa shape index (κ2) is 7.97. The maximum Gasteiger partial charge on any atom is 0.224 e. The number of ketones is 1. The molecule has 1 amide bonds. The zero-order valence-corrected chi connectivity index (χ0v) is 15.1. The number of methoxy groups -OCH3 is 2. The maximum absolute atomic E-state index is 12.2. The number of amides is 1. The minimum Gasteiger partial charge on any atom is -0.493 e. The van der Waals surface area contributed by atoms with Crippen LogP contribution in [-0.4, -0.2) is 25.9 Å². The van der Waals surface area contributed by atoms with Gasteiger partial charge in [-0.15, -0.1) is 11.3 Å². The van der Waals surface area contributed by atoms with Gasteiger partial charge < -0.3 is 14.8 Å². The predicted molar refractivity (Wildman–Crippen MR) is 95.5 cm³/mol. The van der Waals surface area contributed by atoms with Crippen LogP contribution in [0.4, 0.5) is 5.69 Å². The predicted octanol–water partition coefficient (Wildman–Crippen LogP) is 3.98. The van der Waals surface area contributed by atoms with Gasteiger partial charge in [0.25, 0.3) is 0 Å². The molecule has 2 rings (SSSR count). The third kappa shape index (κ3) is 4.35. The normalized spacial score (nSPS) is 10.3. The van der Waals surface area contributed by atoms with E-state index in [9.17, 15) is 9.59 Å². The van der Waals surface area contributed by atoms with Gasteiger partial charge in [-0.2, -0.15) is 0 Å². The Balaban J connectivity index is 1.94. The standard InChI is InChI=1S/C18H21NO4S/c1-11-9-14(12(2)24-11)15(20)6-8-18(21)19-13-5-7-16(22-3)17(10-13)23-4/h5,7,9-10H,6,8H2,1-4H3,(H,19,21). The molecule has 0 bridgehead atoms. The van der Waals surface area contributed by atoms with E-state index in [-0.39, 0.29) is 24.5 Å². The van der Waals surface area contributed by atoms with Gasteiger partial charge in [0.1, 0.15) is 0 Å². The van der Waals surface area contributed by atoms with Crippen molar-refractivity contribution < 1.29 is 19.1 Å². The molecule has 5 nitrogen and oxygen atoms in total. The number of anilines is 1. The molecule has 0 saturated carbocycles. The monoisotopic (exact) mass is 347 g/mol. The molecule has 6 heteroatoms. The third-order valence-electron chi connectivity index (χ3n) is 3.59. The van der Waals surface area contributed by atoms with Gasteiger partial charge in [0.15, 0.2) is 17.3 Å². The average molecular weight is 347 g/mol. The first-order valence-corrected chi connectivity index (χ1v) is 8.38. The summed E-state index contributed by atoms with van der Waals surface area (Å²) in [5.41, 5.74) is 1.32. The first kappa shape index (κ1) is 18.0. The van der Waals surface area contributed by atoms with Gasteiger partial charge in [-0.1, -0.05) is 0 Å². The lowest BCUT2D eigenvalue weighted by atomic mass is 10.1. The Bertz CT molecular complexity index is 751. The molecule has 0 aliphatic carbocycles. The molecule has 1 aromatic carbocycles. The van der Waals surface area contributed by atoms with Gasteiger partial charge in [0.2, 0.25) is 5.91 Å². The van der Waals surface area contributed by atoms with Crippen LogP contribution in [0.1, 0.15) is 33.0 Å². The maximum atomic E-state index is 12.2. The Morgan fingerprint density at radius 3 is 2.33 bits per heavy atom. The Morgan fingerprint density at radius 1 is 1.04 bits per heavy atom. The van der Waals surface area contributed by atoms with Crippen molar-refractivity contribution in [3.05, 3.63) is 39.6 Å². The number of hydrogen-bond acceptors (Lipinski definition) is 5. The lowest BCUT2D eigenvalue weighted by Gasteiger charge is -2.10. The molecule has 24 heavy (non-hydrogen) atoms. The molecule has 1 heterocycles. The van der Waals surface area contributed by atoms with Crippen LogP contribution >= 0.6 is 11.3 Å². The van der Waals surface area contributed by atoms with Gasteiger partial charge in [-0.3, -0.25) is 9.59 Å². The minimum absolute atomic E-state index is 0.000638. The fraction of sp³-hybridized carbons (Fsp3) is 0.333. The van der Waals surface area contributed by atoms with Crippen molar-refractivity contribution in [2.75, 3.05) is 19.5 Å². The van der Waals surface area contributed by atoms with Gasteiger partial charge in [0, 0.05) is 39.9 Å². The van der Waals surface area contributed by atoms with E-state index < -0.39 is 0 Å². The van der Waals surface area contributed by atoms with E-state index in [0.717, 1.165) is 15.3 Å².